The molecule has 2 N–H and O–H groups in total. The van der Waals surface area contributed by atoms with E-state index >= 15 is 0 Å². The molecule has 1 heterocycles. The average molecular weight is 254 g/mol. The minimum atomic E-state index is -0.435. The minimum Gasteiger partial charge on any atom is -0.507 e. The molecule has 4 heteroatoms. The molecular weight excluding hydrogens is 240 g/mol. The average Bonchev–Trinajstić information content (AvgIpc) is 2.35. The standard InChI is InChI=1S/C15H14N2O2/c1-8-4-5-11(14(18)10(8)3)12-6-9(2)17-15(19)13(12)7-16/h4-6,18H,1-3H3,(H,17,19). The summed E-state index contributed by atoms with van der Waals surface area (Å²) in [6.07, 6.45) is 0. The van der Waals surface area contributed by atoms with Crippen LogP contribution in [0.5, 0.6) is 5.75 Å². The van der Waals surface area contributed by atoms with E-state index in [1.165, 1.54) is 0 Å². The molecule has 0 amide bonds. The smallest absolute Gasteiger partial charge is 0.266 e. The second kappa shape index (κ2) is 4.62. The molecule has 2 aromatic rings. The fraction of sp³-hybridized carbons (Fsp3) is 0.200. The van der Waals surface area contributed by atoms with Crippen molar-refractivity contribution in [2.75, 3.05) is 0 Å². The van der Waals surface area contributed by atoms with Crippen LogP contribution in [0.15, 0.2) is 23.0 Å². The Morgan fingerprint density at radius 3 is 2.53 bits per heavy atom. The van der Waals surface area contributed by atoms with Crippen LogP contribution in [0.3, 0.4) is 0 Å². The highest BCUT2D eigenvalue weighted by Crippen LogP contribution is 2.34. The number of phenols is 1. The van der Waals surface area contributed by atoms with Crippen molar-refractivity contribution in [3.63, 3.8) is 0 Å². The van der Waals surface area contributed by atoms with Gasteiger partial charge in [-0.3, -0.25) is 4.79 Å². The summed E-state index contributed by atoms with van der Waals surface area (Å²) in [4.78, 5) is 14.4. The van der Waals surface area contributed by atoms with E-state index in [0.29, 0.717) is 16.8 Å². The minimum absolute atomic E-state index is 0.0177. The van der Waals surface area contributed by atoms with Gasteiger partial charge >= 0.3 is 0 Å². The Morgan fingerprint density at radius 1 is 1.21 bits per heavy atom. The number of nitrogens with one attached hydrogen (secondary N) is 1. The van der Waals surface area contributed by atoms with Crippen molar-refractivity contribution in [2.45, 2.75) is 20.8 Å². The molecule has 0 spiro atoms. The highest BCUT2D eigenvalue weighted by Gasteiger charge is 2.15. The summed E-state index contributed by atoms with van der Waals surface area (Å²) >= 11 is 0. The maximum absolute atomic E-state index is 11.8. The van der Waals surface area contributed by atoms with E-state index in [-0.39, 0.29) is 11.3 Å². The number of aromatic hydroxyl groups is 1. The van der Waals surface area contributed by atoms with Gasteiger partial charge in [0.1, 0.15) is 17.4 Å². The van der Waals surface area contributed by atoms with Crippen molar-refractivity contribution in [2.24, 2.45) is 0 Å². The van der Waals surface area contributed by atoms with Gasteiger partial charge in [-0.05, 0) is 38.0 Å². The molecule has 2 rings (SSSR count). The number of H-pyrrole nitrogens is 1. The van der Waals surface area contributed by atoms with Gasteiger partial charge in [0.2, 0.25) is 0 Å². The van der Waals surface area contributed by atoms with Crippen LogP contribution in [-0.4, -0.2) is 10.1 Å². The van der Waals surface area contributed by atoms with E-state index < -0.39 is 5.56 Å². The summed E-state index contributed by atoms with van der Waals surface area (Å²) < 4.78 is 0. The molecule has 19 heavy (non-hydrogen) atoms. The van der Waals surface area contributed by atoms with Crippen molar-refractivity contribution in [3.8, 4) is 22.9 Å². The summed E-state index contributed by atoms with van der Waals surface area (Å²) in [6, 6.07) is 7.19. The summed E-state index contributed by atoms with van der Waals surface area (Å²) in [7, 11) is 0. The Labute approximate surface area is 111 Å². The zero-order valence-corrected chi connectivity index (χ0v) is 11.0. The second-order valence-electron chi connectivity index (χ2n) is 4.59. The van der Waals surface area contributed by atoms with E-state index in [1.54, 1.807) is 26.0 Å². The van der Waals surface area contributed by atoms with Crippen LogP contribution in [-0.2, 0) is 0 Å². The van der Waals surface area contributed by atoms with Crippen LogP contribution in [0.2, 0.25) is 0 Å². The summed E-state index contributed by atoms with van der Waals surface area (Å²) in [5.41, 5.74) is 2.91. The van der Waals surface area contributed by atoms with Crippen molar-refractivity contribution in [1.82, 2.24) is 4.98 Å². The lowest BCUT2D eigenvalue weighted by molar-refractivity contribution is 0.472. The SMILES string of the molecule is Cc1cc(-c2ccc(C)c(C)c2O)c(C#N)c(=O)[nH]1. The Hall–Kier alpha value is -2.54. The zero-order chi connectivity index (χ0) is 14.2. The van der Waals surface area contributed by atoms with E-state index in [4.69, 9.17) is 5.26 Å². The highest BCUT2D eigenvalue weighted by atomic mass is 16.3. The third kappa shape index (κ3) is 2.11. The van der Waals surface area contributed by atoms with E-state index in [9.17, 15) is 9.90 Å². The molecule has 0 saturated carbocycles. The maximum atomic E-state index is 11.8. The van der Waals surface area contributed by atoms with E-state index in [2.05, 4.69) is 4.98 Å². The van der Waals surface area contributed by atoms with Gasteiger partial charge in [-0.1, -0.05) is 12.1 Å². The number of nitrogens with zero attached hydrogens (tertiary/aromatic N) is 1. The van der Waals surface area contributed by atoms with Gasteiger partial charge in [0.25, 0.3) is 5.56 Å². The molecule has 0 aliphatic rings. The molecule has 1 aromatic heterocycles. The molecular formula is C15H14N2O2. The molecule has 0 aliphatic heterocycles. The van der Waals surface area contributed by atoms with Gasteiger partial charge in [-0.2, -0.15) is 5.26 Å². The van der Waals surface area contributed by atoms with Gasteiger partial charge in [0.15, 0.2) is 0 Å². The number of phenolic OH excluding ortho intramolecular Hbond substituents is 1. The predicted molar refractivity (Wildman–Crippen MR) is 73.1 cm³/mol. The molecule has 96 valence electrons. The Balaban J connectivity index is 2.84. The molecule has 0 bridgehead atoms. The Bertz CT molecular complexity index is 752. The van der Waals surface area contributed by atoms with Crippen molar-refractivity contribution in [1.29, 1.82) is 5.26 Å². The molecule has 0 aliphatic carbocycles. The number of aryl methyl sites for hydroxylation is 2. The lowest BCUT2D eigenvalue weighted by atomic mass is 9.96. The van der Waals surface area contributed by atoms with Gasteiger partial charge in [0.05, 0.1) is 0 Å². The molecule has 0 unspecified atom stereocenters. The van der Waals surface area contributed by atoms with Crippen LogP contribution in [0, 0.1) is 32.1 Å². The van der Waals surface area contributed by atoms with Crippen LogP contribution in [0.1, 0.15) is 22.4 Å². The predicted octanol–water partition coefficient (Wildman–Crippen LogP) is 2.54. The Morgan fingerprint density at radius 2 is 1.89 bits per heavy atom. The summed E-state index contributed by atoms with van der Waals surface area (Å²) in [5, 5.41) is 19.3. The number of nitriles is 1. The maximum Gasteiger partial charge on any atom is 0.266 e. The highest BCUT2D eigenvalue weighted by molar-refractivity contribution is 5.77. The van der Waals surface area contributed by atoms with E-state index in [0.717, 1.165) is 11.1 Å². The number of aromatic amines is 1. The van der Waals surface area contributed by atoms with Crippen LogP contribution >= 0.6 is 0 Å². The third-order valence-corrected chi connectivity index (χ3v) is 3.27. The van der Waals surface area contributed by atoms with E-state index in [1.807, 2.05) is 19.1 Å². The number of rotatable bonds is 1. The quantitative estimate of drug-likeness (QED) is 0.821. The van der Waals surface area contributed by atoms with Crippen LogP contribution in [0.25, 0.3) is 11.1 Å². The molecule has 4 nitrogen and oxygen atoms in total. The lowest BCUT2D eigenvalue weighted by Crippen LogP contribution is -2.12. The number of hydrogen-bond acceptors (Lipinski definition) is 3. The van der Waals surface area contributed by atoms with Crippen LogP contribution in [0.4, 0.5) is 0 Å². The fourth-order valence-electron chi connectivity index (χ4n) is 2.03. The van der Waals surface area contributed by atoms with Gasteiger partial charge < -0.3 is 10.1 Å². The first kappa shape index (κ1) is 12.9. The number of hydrogen-bond donors (Lipinski definition) is 2. The first-order valence-electron chi connectivity index (χ1n) is 5.89. The number of benzene rings is 1. The summed E-state index contributed by atoms with van der Waals surface area (Å²) in [5.74, 6) is 0.113. The van der Waals surface area contributed by atoms with Crippen LogP contribution < -0.4 is 5.56 Å². The number of pyridine rings is 1. The first-order valence-corrected chi connectivity index (χ1v) is 5.89. The lowest BCUT2D eigenvalue weighted by Gasteiger charge is -2.11. The van der Waals surface area contributed by atoms with Crippen molar-refractivity contribution < 1.29 is 5.11 Å². The molecule has 0 fully saturated rings. The molecule has 1 aromatic carbocycles. The normalized spacial score (nSPS) is 10.2. The monoisotopic (exact) mass is 254 g/mol. The molecule has 0 radical (unpaired) electrons. The number of aromatic nitrogens is 1. The topological polar surface area (TPSA) is 76.9 Å². The second-order valence-corrected chi connectivity index (χ2v) is 4.59. The summed E-state index contributed by atoms with van der Waals surface area (Å²) in [6.45, 7) is 5.44. The largest absolute Gasteiger partial charge is 0.507 e. The molecule has 0 atom stereocenters. The molecule has 0 saturated heterocycles. The Kier molecular flexibility index (Phi) is 3.14. The third-order valence-electron chi connectivity index (χ3n) is 3.27. The van der Waals surface area contributed by atoms with Gasteiger partial charge in [-0.25, -0.2) is 0 Å². The first-order chi connectivity index (χ1) is 8.95. The fourth-order valence-corrected chi connectivity index (χ4v) is 2.03. The van der Waals surface area contributed by atoms with Gasteiger partial charge in [0, 0.05) is 16.8 Å². The van der Waals surface area contributed by atoms with Crippen molar-refractivity contribution in [3.05, 3.63) is 50.9 Å². The van der Waals surface area contributed by atoms with Crippen molar-refractivity contribution >= 4 is 0 Å². The zero-order valence-electron chi connectivity index (χ0n) is 11.0. The van der Waals surface area contributed by atoms with Gasteiger partial charge in [-0.15, -0.1) is 0 Å².